The Balaban J connectivity index is 1.55. The second kappa shape index (κ2) is 8.52. The minimum absolute atomic E-state index is 0.0678. The summed E-state index contributed by atoms with van der Waals surface area (Å²) in [6, 6.07) is 9.47. The zero-order valence-electron chi connectivity index (χ0n) is 16.7. The van der Waals surface area contributed by atoms with Crippen molar-refractivity contribution in [3.63, 3.8) is 0 Å². The number of rotatable bonds is 7. The van der Waals surface area contributed by atoms with Gasteiger partial charge in [0.1, 0.15) is 36.5 Å². The van der Waals surface area contributed by atoms with Crippen molar-refractivity contribution in [1.82, 2.24) is 19.5 Å². The van der Waals surface area contributed by atoms with Crippen molar-refractivity contribution in [2.45, 2.75) is 44.4 Å². The third-order valence-electron chi connectivity index (χ3n) is 4.95. The number of anilines is 1. The summed E-state index contributed by atoms with van der Waals surface area (Å²) in [5.41, 5.74) is 0.959. The molecule has 0 bridgehead atoms. The van der Waals surface area contributed by atoms with Crippen LogP contribution in [-0.4, -0.2) is 72.4 Å². The van der Waals surface area contributed by atoms with Crippen molar-refractivity contribution in [2.24, 2.45) is 0 Å². The Morgan fingerprint density at radius 3 is 2.67 bits per heavy atom. The zero-order chi connectivity index (χ0) is 21.3. The SMILES string of the molecule is Cc1nc(N[C@H](C)COc2ccccc2)c2ncn([C@@H]3O[C@H](CO)C(O)C3O)c2n1. The summed E-state index contributed by atoms with van der Waals surface area (Å²) in [5.74, 6) is 1.82. The van der Waals surface area contributed by atoms with Gasteiger partial charge in [-0.1, -0.05) is 18.2 Å². The molecule has 0 aliphatic carbocycles. The number of fused-ring (bicyclic) bond motifs is 1. The number of nitrogens with zero attached hydrogens (tertiary/aromatic N) is 4. The molecule has 5 atom stereocenters. The van der Waals surface area contributed by atoms with Crippen LogP contribution in [0.25, 0.3) is 11.2 Å². The van der Waals surface area contributed by atoms with Crippen LogP contribution in [0.4, 0.5) is 5.82 Å². The molecule has 1 aliphatic heterocycles. The smallest absolute Gasteiger partial charge is 0.167 e. The molecule has 2 aromatic heterocycles. The Kier molecular flexibility index (Phi) is 5.82. The number of aryl methyl sites for hydroxylation is 1. The molecule has 0 saturated carbocycles. The lowest BCUT2D eigenvalue weighted by Crippen LogP contribution is -2.33. The van der Waals surface area contributed by atoms with Gasteiger partial charge in [0.25, 0.3) is 0 Å². The van der Waals surface area contributed by atoms with E-state index in [4.69, 9.17) is 9.47 Å². The molecular weight excluding hydrogens is 390 g/mol. The first kappa shape index (κ1) is 20.5. The Hall–Kier alpha value is -2.79. The molecule has 0 spiro atoms. The van der Waals surface area contributed by atoms with Crippen LogP contribution in [0.15, 0.2) is 36.7 Å². The molecule has 2 unspecified atom stereocenters. The molecule has 1 fully saturated rings. The molecule has 3 heterocycles. The fraction of sp³-hybridized carbons (Fsp3) is 0.450. The predicted molar refractivity (Wildman–Crippen MR) is 108 cm³/mol. The van der Waals surface area contributed by atoms with Crippen molar-refractivity contribution in [3.05, 3.63) is 42.5 Å². The van der Waals surface area contributed by atoms with Gasteiger partial charge < -0.3 is 30.1 Å². The van der Waals surface area contributed by atoms with E-state index in [1.807, 2.05) is 37.3 Å². The summed E-state index contributed by atoms with van der Waals surface area (Å²) in [5, 5.41) is 33.0. The van der Waals surface area contributed by atoms with Crippen LogP contribution in [-0.2, 0) is 4.74 Å². The lowest BCUT2D eigenvalue weighted by atomic mass is 10.1. The van der Waals surface area contributed by atoms with Crippen LogP contribution in [0.1, 0.15) is 19.0 Å². The highest BCUT2D eigenvalue weighted by molar-refractivity contribution is 5.83. The van der Waals surface area contributed by atoms with E-state index < -0.39 is 31.1 Å². The lowest BCUT2D eigenvalue weighted by Gasteiger charge is -2.18. The highest BCUT2D eigenvalue weighted by atomic mass is 16.6. The molecular formula is C20H25N5O5. The average molecular weight is 415 g/mol. The van der Waals surface area contributed by atoms with Gasteiger partial charge in [0.05, 0.1) is 19.0 Å². The maximum atomic E-state index is 10.3. The maximum absolute atomic E-state index is 10.3. The van der Waals surface area contributed by atoms with Crippen molar-refractivity contribution < 1.29 is 24.8 Å². The Bertz CT molecular complexity index is 998. The summed E-state index contributed by atoms with van der Waals surface area (Å²) >= 11 is 0. The minimum Gasteiger partial charge on any atom is -0.491 e. The summed E-state index contributed by atoms with van der Waals surface area (Å²) < 4.78 is 12.9. The van der Waals surface area contributed by atoms with Crippen molar-refractivity contribution in [2.75, 3.05) is 18.5 Å². The number of aliphatic hydroxyl groups excluding tert-OH is 3. The van der Waals surface area contributed by atoms with Crippen LogP contribution in [0.5, 0.6) is 5.75 Å². The van der Waals surface area contributed by atoms with E-state index in [9.17, 15) is 15.3 Å². The third-order valence-corrected chi connectivity index (χ3v) is 4.95. The molecule has 4 N–H and O–H groups in total. The van der Waals surface area contributed by atoms with Gasteiger partial charge in [-0.25, -0.2) is 15.0 Å². The van der Waals surface area contributed by atoms with Gasteiger partial charge in [0.2, 0.25) is 0 Å². The molecule has 10 nitrogen and oxygen atoms in total. The normalized spacial score (nSPS) is 24.8. The van der Waals surface area contributed by atoms with Gasteiger partial charge in [-0.15, -0.1) is 0 Å². The number of aliphatic hydroxyl groups is 3. The second-order valence-electron chi connectivity index (χ2n) is 7.34. The zero-order valence-corrected chi connectivity index (χ0v) is 16.7. The standard InChI is InChI=1S/C20H25N5O5/c1-11(9-29-13-6-4-3-5-7-13)22-18-15-19(24-12(2)23-18)25(10-21-15)20-17(28)16(27)14(8-26)30-20/h3-7,10-11,14,16-17,20,26-28H,8-9H2,1-2H3,(H,22,23,24)/t11-,14-,16?,17?,20-/m1/s1. The van der Waals surface area contributed by atoms with Gasteiger partial charge in [0.15, 0.2) is 23.2 Å². The van der Waals surface area contributed by atoms with Gasteiger partial charge in [-0.2, -0.15) is 0 Å². The van der Waals surface area contributed by atoms with Gasteiger partial charge in [0, 0.05) is 0 Å². The van der Waals surface area contributed by atoms with Crippen LogP contribution in [0, 0.1) is 6.92 Å². The van der Waals surface area contributed by atoms with E-state index in [1.165, 1.54) is 6.33 Å². The van der Waals surface area contributed by atoms with Crippen LogP contribution >= 0.6 is 0 Å². The number of nitrogens with one attached hydrogen (secondary N) is 1. The molecule has 3 aromatic rings. The van der Waals surface area contributed by atoms with Crippen molar-refractivity contribution in [3.8, 4) is 5.75 Å². The first-order valence-corrected chi connectivity index (χ1v) is 9.76. The van der Waals surface area contributed by atoms with E-state index in [2.05, 4.69) is 20.3 Å². The fourth-order valence-electron chi connectivity index (χ4n) is 3.44. The van der Waals surface area contributed by atoms with Crippen LogP contribution in [0.3, 0.4) is 0 Å². The number of hydrogen-bond donors (Lipinski definition) is 4. The molecule has 1 saturated heterocycles. The predicted octanol–water partition coefficient (Wildman–Crippen LogP) is 0.626. The number of ether oxygens (including phenoxy) is 2. The molecule has 10 heteroatoms. The first-order chi connectivity index (χ1) is 14.5. The topological polar surface area (TPSA) is 135 Å². The Morgan fingerprint density at radius 2 is 1.97 bits per heavy atom. The van der Waals surface area contributed by atoms with E-state index in [0.29, 0.717) is 29.4 Å². The highest BCUT2D eigenvalue weighted by Gasteiger charge is 2.44. The van der Waals surface area contributed by atoms with E-state index in [1.54, 1.807) is 11.5 Å². The highest BCUT2D eigenvalue weighted by Crippen LogP contribution is 2.32. The van der Waals surface area contributed by atoms with Gasteiger partial charge in [-0.3, -0.25) is 4.57 Å². The summed E-state index contributed by atoms with van der Waals surface area (Å²) in [6.07, 6.45) is -2.73. The molecule has 4 rings (SSSR count). The molecule has 160 valence electrons. The van der Waals surface area contributed by atoms with Crippen LogP contribution in [0.2, 0.25) is 0 Å². The van der Waals surface area contributed by atoms with Gasteiger partial charge >= 0.3 is 0 Å². The number of hydrogen-bond acceptors (Lipinski definition) is 9. The lowest BCUT2D eigenvalue weighted by molar-refractivity contribution is -0.0511. The molecule has 0 radical (unpaired) electrons. The number of imidazole rings is 1. The number of aromatic nitrogens is 4. The van der Waals surface area contributed by atoms with Crippen molar-refractivity contribution >= 4 is 17.0 Å². The summed E-state index contributed by atoms with van der Waals surface area (Å²) in [6.45, 7) is 3.74. The molecule has 1 aromatic carbocycles. The van der Waals surface area contributed by atoms with E-state index in [-0.39, 0.29) is 6.04 Å². The summed E-state index contributed by atoms with van der Waals surface area (Å²) in [4.78, 5) is 13.3. The molecule has 1 aliphatic rings. The van der Waals surface area contributed by atoms with Crippen LogP contribution < -0.4 is 10.1 Å². The minimum atomic E-state index is -1.22. The molecule has 0 amide bonds. The Labute approximate surface area is 173 Å². The van der Waals surface area contributed by atoms with E-state index in [0.717, 1.165) is 5.75 Å². The monoisotopic (exact) mass is 415 g/mol. The third kappa shape index (κ3) is 3.94. The number of benzene rings is 1. The quantitative estimate of drug-likeness (QED) is 0.438. The largest absolute Gasteiger partial charge is 0.491 e. The first-order valence-electron chi connectivity index (χ1n) is 9.76. The van der Waals surface area contributed by atoms with Crippen molar-refractivity contribution in [1.29, 1.82) is 0 Å². The van der Waals surface area contributed by atoms with Gasteiger partial charge in [-0.05, 0) is 26.0 Å². The Morgan fingerprint density at radius 1 is 1.20 bits per heavy atom. The van der Waals surface area contributed by atoms with E-state index >= 15 is 0 Å². The average Bonchev–Trinajstić information content (AvgIpc) is 3.28. The molecule has 30 heavy (non-hydrogen) atoms. The maximum Gasteiger partial charge on any atom is 0.167 e. The summed E-state index contributed by atoms with van der Waals surface area (Å²) in [7, 11) is 0. The fourth-order valence-corrected chi connectivity index (χ4v) is 3.44. The number of para-hydroxylation sites is 1. The second-order valence-corrected chi connectivity index (χ2v) is 7.34.